The number of carbonyl (C=O) groups is 1. The molecule has 0 spiro atoms. The van der Waals surface area contributed by atoms with Crippen LogP contribution in [0.2, 0.25) is 0 Å². The molecule has 0 aliphatic rings. The van der Waals surface area contributed by atoms with E-state index >= 15 is 0 Å². The first-order chi connectivity index (χ1) is 11.3. The molecule has 0 aliphatic carbocycles. The molecular weight excluding hydrogens is 338 g/mol. The zero-order valence-electron chi connectivity index (χ0n) is 13.1. The normalized spacial score (nSPS) is 12.7. The predicted molar refractivity (Wildman–Crippen MR) is 86.0 cm³/mol. The summed E-state index contributed by atoms with van der Waals surface area (Å²) in [6.45, 7) is 1.36. The highest BCUT2D eigenvalue weighted by Crippen LogP contribution is 2.30. The monoisotopic (exact) mass is 354 g/mol. The molecule has 0 saturated heterocycles. The summed E-state index contributed by atoms with van der Waals surface area (Å²) in [5.74, 6) is -2.99. The molecule has 7 heteroatoms. The zero-order valence-corrected chi connectivity index (χ0v) is 13.9. The standard InChI is InChI=1S/C17H16F2O4S/c1-11(24(21,22)10-17(20)23-2)12-7-8-14(16(19)9-12)13-5-3-4-6-15(13)18/h3-9,11H,10H2,1-2H3. The number of rotatable bonds is 5. The van der Waals surface area contributed by atoms with Crippen LogP contribution in [0.5, 0.6) is 0 Å². The van der Waals surface area contributed by atoms with Crippen molar-refractivity contribution in [2.75, 3.05) is 12.9 Å². The highest BCUT2D eigenvalue weighted by molar-refractivity contribution is 7.92. The van der Waals surface area contributed by atoms with Gasteiger partial charge in [-0.3, -0.25) is 4.79 Å². The Balaban J connectivity index is 2.36. The van der Waals surface area contributed by atoms with Gasteiger partial charge >= 0.3 is 5.97 Å². The van der Waals surface area contributed by atoms with Gasteiger partial charge in [0.25, 0.3) is 0 Å². The molecular formula is C17H16F2O4S. The van der Waals surface area contributed by atoms with Crippen molar-refractivity contribution in [3.05, 3.63) is 59.7 Å². The summed E-state index contributed by atoms with van der Waals surface area (Å²) < 4.78 is 56.7. The number of halogens is 2. The van der Waals surface area contributed by atoms with Gasteiger partial charge in [-0.15, -0.1) is 0 Å². The van der Waals surface area contributed by atoms with Crippen molar-refractivity contribution in [1.82, 2.24) is 0 Å². The number of ether oxygens (including phenoxy) is 1. The Morgan fingerprint density at radius 1 is 1.08 bits per heavy atom. The van der Waals surface area contributed by atoms with Gasteiger partial charge in [-0.05, 0) is 24.6 Å². The van der Waals surface area contributed by atoms with Gasteiger partial charge in [0.15, 0.2) is 9.84 Å². The maximum Gasteiger partial charge on any atom is 0.320 e. The van der Waals surface area contributed by atoms with E-state index in [9.17, 15) is 22.0 Å². The van der Waals surface area contributed by atoms with Gasteiger partial charge in [0.05, 0.1) is 12.4 Å². The highest BCUT2D eigenvalue weighted by atomic mass is 32.2. The number of benzene rings is 2. The van der Waals surface area contributed by atoms with Crippen LogP contribution in [0.4, 0.5) is 8.78 Å². The third-order valence-corrected chi connectivity index (χ3v) is 5.70. The number of esters is 1. The average molecular weight is 354 g/mol. The van der Waals surface area contributed by atoms with Crippen molar-refractivity contribution in [2.24, 2.45) is 0 Å². The molecule has 1 atom stereocenters. The van der Waals surface area contributed by atoms with Gasteiger partial charge in [-0.2, -0.15) is 0 Å². The van der Waals surface area contributed by atoms with E-state index in [0.717, 1.165) is 13.2 Å². The molecule has 0 aliphatic heterocycles. The van der Waals surface area contributed by atoms with Gasteiger partial charge in [0.1, 0.15) is 17.4 Å². The fourth-order valence-corrected chi connectivity index (χ4v) is 3.50. The van der Waals surface area contributed by atoms with Crippen molar-refractivity contribution in [1.29, 1.82) is 0 Å². The molecule has 2 aromatic rings. The Hall–Kier alpha value is -2.28. The van der Waals surface area contributed by atoms with Crippen LogP contribution in [0.15, 0.2) is 42.5 Å². The number of hydrogen-bond donors (Lipinski definition) is 0. The minimum Gasteiger partial charge on any atom is -0.468 e. The molecule has 128 valence electrons. The first kappa shape index (κ1) is 18.1. The second kappa shape index (κ2) is 7.09. The van der Waals surface area contributed by atoms with Crippen molar-refractivity contribution in [3.63, 3.8) is 0 Å². The van der Waals surface area contributed by atoms with Crippen LogP contribution < -0.4 is 0 Å². The molecule has 2 aromatic carbocycles. The van der Waals surface area contributed by atoms with Gasteiger partial charge in [0.2, 0.25) is 0 Å². The quantitative estimate of drug-likeness (QED) is 0.773. The summed E-state index contributed by atoms with van der Waals surface area (Å²) in [6, 6.07) is 9.50. The van der Waals surface area contributed by atoms with Crippen molar-refractivity contribution >= 4 is 15.8 Å². The van der Waals surface area contributed by atoms with Crippen LogP contribution in [0, 0.1) is 11.6 Å². The summed E-state index contributed by atoms with van der Waals surface area (Å²) in [5, 5.41) is -1.10. The van der Waals surface area contributed by atoms with Crippen LogP contribution in [0.25, 0.3) is 11.1 Å². The maximum atomic E-state index is 14.3. The number of sulfone groups is 1. The summed E-state index contributed by atoms with van der Waals surface area (Å²) in [6.07, 6.45) is 0. The molecule has 0 heterocycles. The number of hydrogen-bond acceptors (Lipinski definition) is 4. The largest absolute Gasteiger partial charge is 0.468 e. The summed E-state index contributed by atoms with van der Waals surface area (Å²) in [4.78, 5) is 11.2. The lowest BCUT2D eigenvalue weighted by atomic mass is 10.0. The molecule has 0 fully saturated rings. The third-order valence-electron chi connectivity index (χ3n) is 3.71. The second-order valence-corrected chi connectivity index (χ2v) is 7.57. The fraction of sp³-hybridized carbons (Fsp3) is 0.235. The number of carbonyl (C=O) groups excluding carboxylic acids is 1. The van der Waals surface area contributed by atoms with E-state index < -0.39 is 38.4 Å². The van der Waals surface area contributed by atoms with E-state index in [1.165, 1.54) is 37.3 Å². The van der Waals surface area contributed by atoms with E-state index in [0.29, 0.717) is 0 Å². The van der Waals surface area contributed by atoms with Crippen molar-refractivity contribution in [3.8, 4) is 11.1 Å². The molecule has 0 radical (unpaired) electrons. The molecule has 0 N–H and O–H groups in total. The SMILES string of the molecule is COC(=O)CS(=O)(=O)C(C)c1ccc(-c2ccccc2F)c(F)c1. The Bertz CT molecular complexity index is 863. The average Bonchev–Trinajstić information content (AvgIpc) is 2.54. The first-order valence-corrected chi connectivity index (χ1v) is 8.80. The van der Waals surface area contributed by atoms with Crippen molar-refractivity contribution < 1.29 is 26.7 Å². The Kier molecular flexibility index (Phi) is 5.33. The van der Waals surface area contributed by atoms with Gasteiger partial charge in [0, 0.05) is 11.1 Å². The lowest BCUT2D eigenvalue weighted by molar-refractivity contribution is -0.137. The summed E-state index contributed by atoms with van der Waals surface area (Å²) >= 11 is 0. The molecule has 0 bridgehead atoms. The molecule has 0 amide bonds. The molecule has 4 nitrogen and oxygen atoms in total. The van der Waals surface area contributed by atoms with E-state index in [-0.39, 0.29) is 16.7 Å². The summed E-state index contributed by atoms with van der Waals surface area (Å²) in [5.41, 5.74) is 0.303. The van der Waals surface area contributed by atoms with Crippen LogP contribution in [-0.4, -0.2) is 27.2 Å². The smallest absolute Gasteiger partial charge is 0.320 e. The van der Waals surface area contributed by atoms with Crippen LogP contribution >= 0.6 is 0 Å². The van der Waals surface area contributed by atoms with Gasteiger partial charge in [-0.25, -0.2) is 17.2 Å². The molecule has 24 heavy (non-hydrogen) atoms. The van der Waals surface area contributed by atoms with E-state index in [1.54, 1.807) is 6.07 Å². The molecule has 0 aromatic heterocycles. The van der Waals surface area contributed by atoms with E-state index in [1.807, 2.05) is 0 Å². The van der Waals surface area contributed by atoms with Crippen molar-refractivity contribution in [2.45, 2.75) is 12.2 Å². The third kappa shape index (κ3) is 3.79. The minimum atomic E-state index is -3.84. The van der Waals surface area contributed by atoms with Crippen LogP contribution in [-0.2, 0) is 19.4 Å². The van der Waals surface area contributed by atoms with Gasteiger partial charge in [-0.1, -0.05) is 30.3 Å². The van der Waals surface area contributed by atoms with Crippen LogP contribution in [0.1, 0.15) is 17.7 Å². The Morgan fingerprint density at radius 2 is 1.71 bits per heavy atom. The molecule has 2 rings (SSSR count). The number of methoxy groups -OCH3 is 1. The van der Waals surface area contributed by atoms with Gasteiger partial charge < -0.3 is 4.74 Å². The molecule has 1 unspecified atom stereocenters. The lowest BCUT2D eigenvalue weighted by Gasteiger charge is -2.14. The van der Waals surface area contributed by atoms with E-state index in [4.69, 9.17) is 0 Å². The topological polar surface area (TPSA) is 60.4 Å². The minimum absolute atomic E-state index is 0.0365. The highest BCUT2D eigenvalue weighted by Gasteiger charge is 2.27. The van der Waals surface area contributed by atoms with Crippen LogP contribution in [0.3, 0.4) is 0 Å². The second-order valence-electron chi connectivity index (χ2n) is 5.24. The maximum absolute atomic E-state index is 14.3. The summed E-state index contributed by atoms with van der Waals surface area (Å²) in [7, 11) is -2.75. The Labute approximate surface area is 139 Å². The fourth-order valence-electron chi connectivity index (χ4n) is 2.24. The lowest BCUT2D eigenvalue weighted by Crippen LogP contribution is -2.21. The van der Waals surface area contributed by atoms with E-state index in [2.05, 4.69) is 4.74 Å². The Morgan fingerprint density at radius 3 is 2.29 bits per heavy atom. The zero-order chi connectivity index (χ0) is 17.9. The first-order valence-electron chi connectivity index (χ1n) is 7.09. The molecule has 0 saturated carbocycles. The predicted octanol–water partition coefficient (Wildman–Crippen LogP) is 3.28.